The highest BCUT2D eigenvalue weighted by Crippen LogP contribution is 2.36. The van der Waals surface area contributed by atoms with Crippen LogP contribution in [0.3, 0.4) is 0 Å². The van der Waals surface area contributed by atoms with Gasteiger partial charge in [-0.25, -0.2) is 9.67 Å². The summed E-state index contributed by atoms with van der Waals surface area (Å²) >= 11 is 0. The van der Waals surface area contributed by atoms with E-state index in [2.05, 4.69) is 25.4 Å². The van der Waals surface area contributed by atoms with Gasteiger partial charge >= 0.3 is 12.2 Å². The van der Waals surface area contributed by atoms with Crippen molar-refractivity contribution in [1.82, 2.24) is 24.7 Å². The smallest absolute Gasteiger partial charge is 0.423 e. The molecule has 1 aliphatic heterocycles. The Morgan fingerprint density at radius 1 is 1.23 bits per heavy atom. The predicted octanol–water partition coefficient (Wildman–Crippen LogP) is 3.25. The highest BCUT2D eigenvalue weighted by Gasteiger charge is 2.38. The number of halogens is 3. The third kappa shape index (κ3) is 5.35. The summed E-state index contributed by atoms with van der Waals surface area (Å²) < 4.78 is 57.5. The Labute approximate surface area is 177 Å². The topological polar surface area (TPSA) is 96.2 Å². The van der Waals surface area contributed by atoms with Crippen LogP contribution in [0.5, 0.6) is 11.9 Å². The first kappa shape index (κ1) is 21.6. The molecule has 2 aliphatic rings. The van der Waals surface area contributed by atoms with Crippen molar-refractivity contribution in [3.05, 3.63) is 18.1 Å². The van der Waals surface area contributed by atoms with Gasteiger partial charge in [0.15, 0.2) is 0 Å². The number of ether oxygens (including phenoxy) is 3. The maximum absolute atomic E-state index is 13.3. The van der Waals surface area contributed by atoms with Crippen molar-refractivity contribution in [2.45, 2.75) is 70.0 Å². The summed E-state index contributed by atoms with van der Waals surface area (Å²) in [5.74, 6) is -0.367. The second-order valence-electron chi connectivity index (χ2n) is 8.02. The standard InChI is InChI=1S/C19H25F3N6O3/c1-11(2)30-18-24-10-28(27-18)13-5-3-4-12(6-13)25-17-23-7-15(19(20,21)22)16(26-17)31-14-8-29-9-14/h7,10-14H,3-6,8-9H2,1-2H3,(H,23,25,26)/t12-,13+/m0/s1. The molecule has 2 atom stereocenters. The van der Waals surface area contributed by atoms with E-state index < -0.39 is 23.7 Å². The molecule has 2 aromatic heterocycles. The molecule has 3 heterocycles. The zero-order valence-corrected chi connectivity index (χ0v) is 17.3. The Bertz CT molecular complexity index is 887. The molecule has 1 saturated carbocycles. The van der Waals surface area contributed by atoms with Crippen LogP contribution in [0.15, 0.2) is 12.5 Å². The van der Waals surface area contributed by atoms with E-state index in [1.165, 1.54) is 0 Å². The number of hydrogen-bond donors (Lipinski definition) is 1. The Balaban J connectivity index is 1.44. The van der Waals surface area contributed by atoms with Crippen LogP contribution in [0.1, 0.15) is 51.1 Å². The van der Waals surface area contributed by atoms with Gasteiger partial charge < -0.3 is 19.5 Å². The average molecular weight is 442 g/mol. The van der Waals surface area contributed by atoms with E-state index >= 15 is 0 Å². The number of anilines is 1. The van der Waals surface area contributed by atoms with Crippen LogP contribution in [0.4, 0.5) is 19.1 Å². The van der Waals surface area contributed by atoms with Gasteiger partial charge in [-0.1, -0.05) is 0 Å². The third-order valence-electron chi connectivity index (χ3n) is 5.13. The summed E-state index contributed by atoms with van der Waals surface area (Å²) in [4.78, 5) is 12.1. The Kier molecular flexibility index (Phi) is 6.17. The molecule has 9 nitrogen and oxygen atoms in total. The minimum Gasteiger partial charge on any atom is -0.469 e. The molecule has 1 saturated heterocycles. The van der Waals surface area contributed by atoms with Crippen molar-refractivity contribution in [2.75, 3.05) is 18.5 Å². The van der Waals surface area contributed by atoms with Gasteiger partial charge in [0.25, 0.3) is 0 Å². The number of hydrogen-bond acceptors (Lipinski definition) is 8. The van der Waals surface area contributed by atoms with Crippen LogP contribution in [0.25, 0.3) is 0 Å². The van der Waals surface area contributed by atoms with Crippen molar-refractivity contribution >= 4 is 5.95 Å². The molecule has 170 valence electrons. The monoisotopic (exact) mass is 442 g/mol. The van der Waals surface area contributed by atoms with Crippen LogP contribution in [0, 0.1) is 0 Å². The first-order chi connectivity index (χ1) is 14.8. The minimum absolute atomic E-state index is 0.0173. The largest absolute Gasteiger partial charge is 0.469 e. The van der Waals surface area contributed by atoms with E-state index in [1.807, 2.05) is 13.8 Å². The SMILES string of the molecule is CC(C)Oc1ncn([C@@H]2CCC[C@H](Nc3ncc(C(F)(F)F)c(OC4COC4)n3)C2)n1. The lowest BCUT2D eigenvalue weighted by Crippen LogP contribution is -2.39. The number of aromatic nitrogens is 5. The third-order valence-corrected chi connectivity index (χ3v) is 5.13. The molecule has 0 unspecified atom stereocenters. The van der Waals surface area contributed by atoms with E-state index in [1.54, 1.807) is 11.0 Å². The second kappa shape index (κ2) is 8.85. The molecule has 1 aliphatic carbocycles. The first-order valence-corrected chi connectivity index (χ1v) is 10.3. The molecule has 31 heavy (non-hydrogen) atoms. The van der Waals surface area contributed by atoms with Gasteiger partial charge in [0.1, 0.15) is 18.0 Å². The van der Waals surface area contributed by atoms with Crippen LogP contribution in [-0.2, 0) is 10.9 Å². The fourth-order valence-electron chi connectivity index (χ4n) is 3.58. The van der Waals surface area contributed by atoms with Gasteiger partial charge in [0.05, 0.1) is 25.4 Å². The van der Waals surface area contributed by atoms with Crippen molar-refractivity contribution in [1.29, 1.82) is 0 Å². The zero-order chi connectivity index (χ0) is 22.0. The lowest BCUT2D eigenvalue weighted by atomic mass is 9.91. The van der Waals surface area contributed by atoms with Crippen molar-refractivity contribution in [3.8, 4) is 11.9 Å². The van der Waals surface area contributed by atoms with Crippen LogP contribution >= 0.6 is 0 Å². The first-order valence-electron chi connectivity index (χ1n) is 10.3. The molecule has 12 heteroatoms. The molecule has 0 spiro atoms. The molecular weight excluding hydrogens is 417 g/mol. The van der Waals surface area contributed by atoms with Gasteiger partial charge in [0, 0.05) is 12.2 Å². The van der Waals surface area contributed by atoms with Gasteiger partial charge in [-0.3, -0.25) is 0 Å². The maximum atomic E-state index is 13.3. The molecule has 0 bridgehead atoms. The fourth-order valence-corrected chi connectivity index (χ4v) is 3.58. The fraction of sp³-hybridized carbons (Fsp3) is 0.684. The van der Waals surface area contributed by atoms with E-state index in [0.29, 0.717) is 12.4 Å². The van der Waals surface area contributed by atoms with Crippen molar-refractivity contribution in [3.63, 3.8) is 0 Å². The van der Waals surface area contributed by atoms with Gasteiger partial charge in [-0.05, 0) is 39.5 Å². The van der Waals surface area contributed by atoms with E-state index in [0.717, 1.165) is 25.5 Å². The van der Waals surface area contributed by atoms with Crippen LogP contribution in [0.2, 0.25) is 0 Å². The quantitative estimate of drug-likeness (QED) is 0.698. The summed E-state index contributed by atoms with van der Waals surface area (Å²) in [6, 6.07) is 0.410. The summed E-state index contributed by atoms with van der Waals surface area (Å²) in [6.07, 6.45) is 0.757. The van der Waals surface area contributed by atoms with Crippen molar-refractivity contribution in [2.24, 2.45) is 0 Å². The number of alkyl halides is 3. The predicted molar refractivity (Wildman–Crippen MR) is 103 cm³/mol. The van der Waals surface area contributed by atoms with Crippen LogP contribution in [-0.4, -0.2) is 56.2 Å². The van der Waals surface area contributed by atoms with Crippen molar-refractivity contribution < 1.29 is 27.4 Å². The molecule has 1 N–H and O–H groups in total. The number of rotatable bonds is 7. The van der Waals surface area contributed by atoms with Crippen LogP contribution < -0.4 is 14.8 Å². The Morgan fingerprint density at radius 2 is 2.03 bits per heavy atom. The minimum atomic E-state index is -4.60. The summed E-state index contributed by atoms with van der Waals surface area (Å²) in [5, 5.41) is 7.54. The summed E-state index contributed by atoms with van der Waals surface area (Å²) in [6.45, 7) is 4.30. The van der Waals surface area contributed by atoms with Gasteiger partial charge in [-0.15, -0.1) is 5.10 Å². The van der Waals surface area contributed by atoms with E-state index in [4.69, 9.17) is 14.2 Å². The lowest BCUT2D eigenvalue weighted by molar-refractivity contribution is -0.142. The lowest BCUT2D eigenvalue weighted by Gasteiger charge is -2.30. The maximum Gasteiger partial charge on any atom is 0.423 e. The Hall–Kier alpha value is -2.63. The molecule has 0 amide bonds. The average Bonchev–Trinajstić information content (AvgIpc) is 3.12. The molecule has 2 fully saturated rings. The number of nitrogens with zero attached hydrogens (tertiary/aromatic N) is 5. The van der Waals surface area contributed by atoms with Gasteiger partial charge in [-0.2, -0.15) is 23.1 Å². The normalized spacial score (nSPS) is 22.3. The number of nitrogens with one attached hydrogen (secondary N) is 1. The summed E-state index contributed by atoms with van der Waals surface area (Å²) in [5.41, 5.74) is -0.994. The molecule has 2 aromatic rings. The molecule has 0 aromatic carbocycles. The van der Waals surface area contributed by atoms with E-state index in [-0.39, 0.29) is 37.3 Å². The van der Waals surface area contributed by atoms with E-state index in [9.17, 15) is 13.2 Å². The molecular formula is C19H25F3N6O3. The zero-order valence-electron chi connectivity index (χ0n) is 17.3. The van der Waals surface area contributed by atoms with Gasteiger partial charge in [0.2, 0.25) is 11.8 Å². The Morgan fingerprint density at radius 3 is 2.71 bits per heavy atom. The molecule has 4 rings (SSSR count). The summed E-state index contributed by atoms with van der Waals surface area (Å²) in [7, 11) is 0. The second-order valence-corrected chi connectivity index (χ2v) is 8.02. The molecule has 0 radical (unpaired) electrons. The highest BCUT2D eigenvalue weighted by atomic mass is 19.4. The highest BCUT2D eigenvalue weighted by molar-refractivity contribution is 5.36.